The summed E-state index contributed by atoms with van der Waals surface area (Å²) in [6, 6.07) is 6.58. The number of benzene rings is 1. The Morgan fingerprint density at radius 1 is 1.05 bits per heavy atom. The van der Waals surface area contributed by atoms with E-state index in [1.54, 1.807) is 24.3 Å². The molecule has 5 aliphatic rings. The fraction of sp³-hybridized carbons (Fsp3) is 0.607. The van der Waals surface area contributed by atoms with Gasteiger partial charge in [-0.05, 0) is 81.4 Å². The lowest BCUT2D eigenvalue weighted by Crippen LogP contribution is -2.54. The summed E-state index contributed by atoms with van der Waals surface area (Å²) in [6.07, 6.45) is 7.47. The largest absolute Gasteiger partial charge is 0.466 e. The average molecular weight is 528 g/mol. The third-order valence-electron chi connectivity index (χ3n) is 8.23. The summed E-state index contributed by atoms with van der Waals surface area (Å²) < 4.78 is 21.8. The number of nitrogens with zero attached hydrogens (tertiary/aromatic N) is 1. The summed E-state index contributed by atoms with van der Waals surface area (Å²) in [7, 11) is 2.48. The van der Waals surface area contributed by atoms with Crippen LogP contribution < -0.4 is 15.5 Å². The summed E-state index contributed by atoms with van der Waals surface area (Å²) in [6.45, 7) is 2.39. The first-order valence-corrected chi connectivity index (χ1v) is 13.4. The molecule has 1 heterocycles. The number of amides is 2. The second-order valence-electron chi connectivity index (χ2n) is 11.1. The van der Waals surface area contributed by atoms with Crippen LogP contribution in [0.25, 0.3) is 0 Å². The van der Waals surface area contributed by atoms with Gasteiger partial charge in [-0.3, -0.25) is 0 Å². The van der Waals surface area contributed by atoms with Crippen molar-refractivity contribution >= 4 is 29.3 Å². The van der Waals surface area contributed by atoms with Crippen LogP contribution in [0.3, 0.4) is 0 Å². The molecule has 38 heavy (non-hydrogen) atoms. The van der Waals surface area contributed by atoms with Crippen LogP contribution in [-0.2, 0) is 28.5 Å². The molecule has 10 nitrogen and oxygen atoms in total. The molecule has 10 heteroatoms. The van der Waals surface area contributed by atoms with Crippen LogP contribution in [0, 0.1) is 17.8 Å². The lowest BCUT2D eigenvalue weighted by atomic mass is 9.54. The van der Waals surface area contributed by atoms with E-state index in [4.69, 9.17) is 18.9 Å². The molecule has 4 aliphatic carbocycles. The summed E-state index contributed by atoms with van der Waals surface area (Å²) in [5.41, 5.74) is 1.16. The van der Waals surface area contributed by atoms with Gasteiger partial charge in [0.05, 0.1) is 38.1 Å². The van der Waals surface area contributed by atoms with Gasteiger partial charge >= 0.3 is 18.0 Å². The molecule has 0 radical (unpaired) electrons. The predicted molar refractivity (Wildman–Crippen MR) is 139 cm³/mol. The van der Waals surface area contributed by atoms with Crippen molar-refractivity contribution in [1.29, 1.82) is 0 Å². The van der Waals surface area contributed by atoms with Crippen molar-refractivity contribution in [2.45, 2.75) is 57.2 Å². The minimum atomic E-state index is -0.683. The van der Waals surface area contributed by atoms with Gasteiger partial charge in [0.15, 0.2) is 0 Å². The van der Waals surface area contributed by atoms with Crippen molar-refractivity contribution in [1.82, 2.24) is 5.32 Å². The zero-order chi connectivity index (χ0) is 26.9. The molecule has 4 fully saturated rings. The molecule has 4 saturated carbocycles. The monoisotopic (exact) mass is 527 g/mol. The van der Waals surface area contributed by atoms with Crippen LogP contribution in [-0.4, -0.2) is 63.8 Å². The normalized spacial score (nSPS) is 28.6. The van der Waals surface area contributed by atoms with Crippen molar-refractivity contribution in [3.05, 3.63) is 35.5 Å². The van der Waals surface area contributed by atoms with Gasteiger partial charge in [0.25, 0.3) is 0 Å². The highest BCUT2D eigenvalue weighted by Gasteiger charge is 2.52. The van der Waals surface area contributed by atoms with Crippen molar-refractivity contribution in [3.8, 4) is 0 Å². The molecule has 1 aliphatic heterocycles. The molecule has 1 atom stereocenters. The first kappa shape index (κ1) is 26.5. The number of esters is 2. The molecule has 0 saturated heterocycles. The zero-order valence-corrected chi connectivity index (χ0v) is 22.3. The third kappa shape index (κ3) is 5.51. The van der Waals surface area contributed by atoms with Gasteiger partial charge < -0.3 is 34.5 Å². The number of hydrogen-bond donors (Lipinski definition) is 2. The Labute approximate surface area is 223 Å². The smallest absolute Gasteiger partial charge is 0.355 e. The lowest BCUT2D eigenvalue weighted by Gasteiger charge is -2.57. The number of anilines is 2. The highest BCUT2D eigenvalue weighted by molar-refractivity contribution is 6.03. The second kappa shape index (κ2) is 10.9. The van der Waals surface area contributed by atoms with Gasteiger partial charge in [-0.2, -0.15) is 0 Å². The van der Waals surface area contributed by atoms with Crippen LogP contribution in [0.5, 0.6) is 0 Å². The van der Waals surface area contributed by atoms with Crippen LogP contribution in [0.2, 0.25) is 0 Å². The van der Waals surface area contributed by atoms with E-state index in [0.717, 1.165) is 37.0 Å². The van der Waals surface area contributed by atoms with Crippen LogP contribution >= 0.6 is 0 Å². The minimum Gasteiger partial charge on any atom is -0.466 e. The van der Waals surface area contributed by atoms with Gasteiger partial charge in [0, 0.05) is 17.9 Å². The minimum absolute atomic E-state index is 0.00885. The van der Waals surface area contributed by atoms with Gasteiger partial charge in [0.2, 0.25) is 0 Å². The van der Waals surface area contributed by atoms with Gasteiger partial charge in [-0.25, -0.2) is 14.4 Å². The van der Waals surface area contributed by atoms with Crippen LogP contribution in [0.1, 0.15) is 45.4 Å². The Hall–Kier alpha value is -3.11. The number of ether oxygens (including phenoxy) is 4. The number of methoxy groups -OCH3 is 2. The number of carbonyl (C=O) groups is 3. The van der Waals surface area contributed by atoms with Crippen molar-refractivity contribution < 1.29 is 33.3 Å². The molecular weight excluding hydrogens is 490 g/mol. The fourth-order valence-corrected chi connectivity index (χ4v) is 7.15. The molecule has 2 amide bonds. The SMILES string of the molecule is COC(=O)C1=C(C(=O)OC)N(c2cccc(NC(=O)NCC(C)OC34CC5CC(CC(C5)C3)C4)c2)COC1. The Morgan fingerprint density at radius 2 is 1.71 bits per heavy atom. The Kier molecular flexibility index (Phi) is 7.63. The number of nitrogens with one attached hydrogen (secondary N) is 2. The summed E-state index contributed by atoms with van der Waals surface area (Å²) >= 11 is 0. The van der Waals surface area contributed by atoms with Gasteiger partial charge in [-0.1, -0.05) is 6.07 Å². The van der Waals surface area contributed by atoms with E-state index < -0.39 is 11.9 Å². The maximum atomic E-state index is 12.7. The van der Waals surface area contributed by atoms with Crippen molar-refractivity contribution in [3.63, 3.8) is 0 Å². The van der Waals surface area contributed by atoms with E-state index in [0.29, 0.717) is 17.9 Å². The third-order valence-corrected chi connectivity index (χ3v) is 8.23. The maximum absolute atomic E-state index is 12.7. The summed E-state index contributed by atoms with van der Waals surface area (Å²) in [4.78, 5) is 39.0. The average Bonchev–Trinajstić information content (AvgIpc) is 2.89. The van der Waals surface area contributed by atoms with Crippen molar-refractivity contribution in [2.24, 2.45) is 17.8 Å². The van der Waals surface area contributed by atoms with Gasteiger partial charge in [-0.15, -0.1) is 0 Å². The standard InChI is InChI=1S/C28H37N3O7/c1-17(38-28-11-18-7-19(12-28)9-20(8-18)13-28)14-29-27(34)30-21-5-4-6-22(10-21)31-16-37-15-23(25(32)35-2)24(31)26(33)36-3/h4-6,10,17-20H,7-9,11-16H2,1-3H3,(H2,29,30,34). The quantitative estimate of drug-likeness (QED) is 0.493. The first-order valence-electron chi connectivity index (χ1n) is 13.4. The van der Waals surface area contributed by atoms with E-state index >= 15 is 0 Å². The fourth-order valence-electron chi connectivity index (χ4n) is 7.15. The van der Waals surface area contributed by atoms with Gasteiger partial charge in [0.1, 0.15) is 12.4 Å². The molecular formula is C28H37N3O7. The summed E-state index contributed by atoms with van der Waals surface area (Å²) in [5, 5.41) is 5.76. The van der Waals surface area contributed by atoms with E-state index in [1.807, 2.05) is 6.92 Å². The molecule has 4 bridgehead atoms. The topological polar surface area (TPSA) is 115 Å². The Balaban J connectivity index is 1.20. The van der Waals surface area contributed by atoms with E-state index in [2.05, 4.69) is 10.6 Å². The summed E-state index contributed by atoms with van der Waals surface area (Å²) in [5.74, 6) is 1.06. The zero-order valence-electron chi connectivity index (χ0n) is 22.3. The lowest BCUT2D eigenvalue weighted by molar-refractivity contribution is -0.182. The molecule has 2 N–H and O–H groups in total. The molecule has 1 unspecified atom stereocenters. The molecule has 0 spiro atoms. The predicted octanol–water partition coefficient (Wildman–Crippen LogP) is 3.58. The molecule has 6 rings (SSSR count). The van der Waals surface area contributed by atoms with E-state index in [9.17, 15) is 14.4 Å². The number of hydrogen-bond acceptors (Lipinski definition) is 8. The maximum Gasteiger partial charge on any atom is 0.355 e. The number of rotatable bonds is 8. The van der Waals surface area contributed by atoms with Crippen LogP contribution in [0.15, 0.2) is 35.5 Å². The van der Waals surface area contributed by atoms with E-state index in [-0.39, 0.29) is 42.3 Å². The number of urea groups is 1. The van der Waals surface area contributed by atoms with Crippen LogP contribution in [0.4, 0.5) is 16.2 Å². The number of carbonyl (C=O) groups excluding carboxylic acids is 3. The van der Waals surface area contributed by atoms with Crippen molar-refractivity contribution in [2.75, 3.05) is 44.3 Å². The van der Waals surface area contributed by atoms with E-state index in [1.165, 1.54) is 38.4 Å². The molecule has 1 aromatic carbocycles. The Morgan fingerprint density at radius 3 is 2.34 bits per heavy atom. The highest BCUT2D eigenvalue weighted by Crippen LogP contribution is 2.57. The molecule has 0 aromatic heterocycles. The molecule has 1 aromatic rings. The first-order chi connectivity index (χ1) is 18.3. The molecule has 206 valence electrons. The second-order valence-corrected chi connectivity index (χ2v) is 11.1. The highest BCUT2D eigenvalue weighted by atomic mass is 16.5. The Bertz CT molecular complexity index is 1080.